The summed E-state index contributed by atoms with van der Waals surface area (Å²) < 4.78 is 0. The molecule has 2 aliphatic rings. The molecule has 2 fully saturated rings. The highest BCUT2D eigenvalue weighted by Crippen LogP contribution is 2.36. The maximum Gasteiger partial charge on any atom is 0.0462 e. The van der Waals surface area contributed by atoms with Crippen molar-refractivity contribution in [3.63, 3.8) is 0 Å². The summed E-state index contributed by atoms with van der Waals surface area (Å²) in [6.45, 7) is 3.88. The molecule has 2 aliphatic carbocycles. The van der Waals surface area contributed by atoms with E-state index in [2.05, 4.69) is 12.2 Å². The lowest BCUT2D eigenvalue weighted by Crippen LogP contribution is -2.30. The lowest BCUT2D eigenvalue weighted by Gasteiger charge is -2.34. The smallest absolute Gasteiger partial charge is 0.0462 e. The van der Waals surface area contributed by atoms with Gasteiger partial charge in [0.05, 0.1) is 0 Å². The van der Waals surface area contributed by atoms with Crippen molar-refractivity contribution in [3.05, 3.63) is 0 Å². The molecule has 0 aromatic rings. The number of nitrogens with one attached hydrogen (secondary N) is 1. The molecule has 2 N–H and O–H groups in total. The van der Waals surface area contributed by atoms with Crippen molar-refractivity contribution in [3.8, 4) is 0 Å². The van der Waals surface area contributed by atoms with Gasteiger partial charge in [-0.05, 0) is 50.0 Å². The summed E-state index contributed by atoms with van der Waals surface area (Å²) in [5.74, 6) is 2.15. The molecule has 94 valence electrons. The maximum atomic E-state index is 9.55. The van der Waals surface area contributed by atoms with E-state index in [1.54, 1.807) is 0 Å². The summed E-state index contributed by atoms with van der Waals surface area (Å²) in [5, 5.41) is 13.1. The van der Waals surface area contributed by atoms with E-state index in [1.807, 2.05) is 0 Å². The molecule has 0 aromatic carbocycles. The van der Waals surface area contributed by atoms with Gasteiger partial charge in [0.25, 0.3) is 0 Å². The van der Waals surface area contributed by atoms with E-state index in [4.69, 9.17) is 0 Å². The van der Waals surface area contributed by atoms with E-state index < -0.39 is 0 Å². The zero-order chi connectivity index (χ0) is 11.4. The first-order valence-corrected chi connectivity index (χ1v) is 7.15. The van der Waals surface area contributed by atoms with Crippen LogP contribution in [0.2, 0.25) is 0 Å². The minimum atomic E-state index is 0.390. The Morgan fingerprint density at radius 2 is 1.94 bits per heavy atom. The van der Waals surface area contributed by atoms with Gasteiger partial charge in [0.2, 0.25) is 0 Å². The Kier molecular flexibility index (Phi) is 4.66. The second-order valence-electron chi connectivity index (χ2n) is 5.89. The third-order valence-electron chi connectivity index (χ3n) is 4.54. The minimum absolute atomic E-state index is 0.390. The van der Waals surface area contributed by atoms with Crippen LogP contribution >= 0.6 is 0 Å². The average molecular weight is 225 g/mol. The molecule has 0 heterocycles. The highest BCUT2D eigenvalue weighted by atomic mass is 16.3. The molecule has 2 saturated carbocycles. The predicted molar refractivity (Wildman–Crippen MR) is 67.3 cm³/mol. The third-order valence-corrected chi connectivity index (χ3v) is 4.54. The van der Waals surface area contributed by atoms with Crippen LogP contribution in [0.3, 0.4) is 0 Å². The monoisotopic (exact) mass is 225 g/mol. The van der Waals surface area contributed by atoms with Gasteiger partial charge in [0, 0.05) is 12.6 Å². The normalized spacial score (nSPS) is 32.6. The average Bonchev–Trinajstić information content (AvgIpc) is 3.10. The van der Waals surface area contributed by atoms with Gasteiger partial charge in [-0.3, -0.25) is 0 Å². The van der Waals surface area contributed by atoms with Crippen molar-refractivity contribution in [2.24, 2.45) is 17.8 Å². The standard InChI is InChI=1S/C14H27NO/c1-11-4-2-3-5-14(11)12(10-16)8-9-15-13-6-7-13/h11-16H,2-10H2,1H3. The molecule has 0 aromatic heterocycles. The zero-order valence-electron chi connectivity index (χ0n) is 10.6. The lowest BCUT2D eigenvalue weighted by molar-refractivity contribution is 0.103. The fourth-order valence-electron chi connectivity index (χ4n) is 3.25. The van der Waals surface area contributed by atoms with Gasteiger partial charge >= 0.3 is 0 Å². The molecule has 0 amide bonds. The minimum Gasteiger partial charge on any atom is -0.396 e. The van der Waals surface area contributed by atoms with Crippen LogP contribution in [-0.4, -0.2) is 24.3 Å². The molecule has 2 rings (SSSR count). The SMILES string of the molecule is CC1CCCCC1C(CO)CCNC1CC1. The quantitative estimate of drug-likeness (QED) is 0.728. The van der Waals surface area contributed by atoms with Crippen molar-refractivity contribution in [2.75, 3.05) is 13.2 Å². The first kappa shape index (κ1) is 12.4. The number of aliphatic hydroxyl groups is 1. The Bertz CT molecular complexity index is 203. The van der Waals surface area contributed by atoms with Crippen LogP contribution in [0.25, 0.3) is 0 Å². The van der Waals surface area contributed by atoms with Crippen molar-refractivity contribution < 1.29 is 5.11 Å². The highest BCUT2D eigenvalue weighted by Gasteiger charge is 2.29. The summed E-state index contributed by atoms with van der Waals surface area (Å²) in [6.07, 6.45) is 9.39. The van der Waals surface area contributed by atoms with E-state index in [0.29, 0.717) is 12.5 Å². The van der Waals surface area contributed by atoms with Crippen LogP contribution in [0.5, 0.6) is 0 Å². The van der Waals surface area contributed by atoms with Gasteiger partial charge in [-0.2, -0.15) is 0 Å². The summed E-state index contributed by atoms with van der Waals surface area (Å²) in [5.41, 5.74) is 0. The van der Waals surface area contributed by atoms with Crippen LogP contribution in [0.4, 0.5) is 0 Å². The molecule has 0 saturated heterocycles. The van der Waals surface area contributed by atoms with Gasteiger partial charge in [-0.15, -0.1) is 0 Å². The molecule has 16 heavy (non-hydrogen) atoms. The summed E-state index contributed by atoms with van der Waals surface area (Å²) in [4.78, 5) is 0. The predicted octanol–water partition coefficient (Wildman–Crippen LogP) is 2.56. The Morgan fingerprint density at radius 1 is 1.19 bits per heavy atom. The van der Waals surface area contributed by atoms with Gasteiger partial charge in [-0.25, -0.2) is 0 Å². The van der Waals surface area contributed by atoms with E-state index >= 15 is 0 Å². The molecule has 0 aliphatic heterocycles. The largest absolute Gasteiger partial charge is 0.396 e. The topological polar surface area (TPSA) is 32.3 Å². The molecule has 0 spiro atoms. The molecular formula is C14H27NO. The molecule has 3 atom stereocenters. The molecule has 0 radical (unpaired) electrons. The second kappa shape index (κ2) is 6.02. The van der Waals surface area contributed by atoms with Gasteiger partial charge < -0.3 is 10.4 Å². The number of rotatable bonds is 6. The van der Waals surface area contributed by atoms with Gasteiger partial charge in [-0.1, -0.05) is 26.2 Å². The van der Waals surface area contributed by atoms with E-state index in [9.17, 15) is 5.11 Å². The van der Waals surface area contributed by atoms with Crippen LogP contribution in [0, 0.1) is 17.8 Å². The van der Waals surface area contributed by atoms with E-state index in [0.717, 1.165) is 24.4 Å². The van der Waals surface area contributed by atoms with Crippen molar-refractivity contribution in [1.29, 1.82) is 0 Å². The molecule has 2 heteroatoms. The highest BCUT2D eigenvalue weighted by molar-refractivity contribution is 4.83. The van der Waals surface area contributed by atoms with Crippen molar-refractivity contribution in [2.45, 2.75) is 57.9 Å². The molecule has 3 unspecified atom stereocenters. The number of hydrogen-bond donors (Lipinski definition) is 2. The first-order valence-electron chi connectivity index (χ1n) is 7.15. The van der Waals surface area contributed by atoms with Crippen LogP contribution in [0.15, 0.2) is 0 Å². The van der Waals surface area contributed by atoms with Crippen LogP contribution in [0.1, 0.15) is 51.9 Å². The van der Waals surface area contributed by atoms with E-state index in [1.165, 1.54) is 44.9 Å². The van der Waals surface area contributed by atoms with Crippen LogP contribution < -0.4 is 5.32 Å². The first-order chi connectivity index (χ1) is 7.81. The number of hydrogen-bond acceptors (Lipinski definition) is 2. The molecular weight excluding hydrogens is 198 g/mol. The fourth-order valence-corrected chi connectivity index (χ4v) is 3.25. The maximum absolute atomic E-state index is 9.55. The van der Waals surface area contributed by atoms with Crippen molar-refractivity contribution in [1.82, 2.24) is 5.32 Å². The molecule has 0 bridgehead atoms. The zero-order valence-corrected chi connectivity index (χ0v) is 10.6. The fraction of sp³-hybridized carbons (Fsp3) is 1.00. The Labute approximate surface area is 99.8 Å². The Morgan fingerprint density at radius 3 is 2.56 bits per heavy atom. The summed E-state index contributed by atoms with van der Waals surface area (Å²) in [7, 11) is 0. The van der Waals surface area contributed by atoms with Crippen LogP contribution in [-0.2, 0) is 0 Å². The Balaban J connectivity index is 1.72. The Hall–Kier alpha value is -0.0800. The lowest BCUT2D eigenvalue weighted by atomic mass is 9.72. The van der Waals surface area contributed by atoms with E-state index in [-0.39, 0.29) is 0 Å². The van der Waals surface area contributed by atoms with Gasteiger partial charge in [0.1, 0.15) is 0 Å². The third kappa shape index (κ3) is 3.46. The van der Waals surface area contributed by atoms with Gasteiger partial charge in [0.15, 0.2) is 0 Å². The summed E-state index contributed by atoms with van der Waals surface area (Å²) in [6, 6.07) is 0.808. The van der Waals surface area contributed by atoms with Crippen molar-refractivity contribution >= 4 is 0 Å². The summed E-state index contributed by atoms with van der Waals surface area (Å²) >= 11 is 0. The number of aliphatic hydroxyl groups excluding tert-OH is 1. The second-order valence-corrected chi connectivity index (χ2v) is 5.89. The molecule has 2 nitrogen and oxygen atoms in total.